The van der Waals surface area contributed by atoms with E-state index in [1.165, 1.54) is 6.07 Å². The zero-order valence-corrected chi connectivity index (χ0v) is 19.7. The lowest BCUT2D eigenvalue weighted by Crippen LogP contribution is -2.51. The molecule has 0 radical (unpaired) electrons. The molecule has 1 saturated carbocycles. The standard InChI is InChI=1S/C27H34ClFN2O/c1-30-13-15-31(16-14-30)20-24-7-3-2-6-23(17-21-9-11-25(28)12-10-21)27(24,32)19-22-5-4-8-26(29)18-22/h4-5,8-12,17-18,24,32H,2-3,6-7,13-16,19-20H2,1H3/b23-17-. The smallest absolute Gasteiger partial charge is 0.123 e. The summed E-state index contributed by atoms with van der Waals surface area (Å²) in [4.78, 5) is 4.85. The van der Waals surface area contributed by atoms with E-state index in [9.17, 15) is 9.50 Å². The normalized spacial score (nSPS) is 26.9. The van der Waals surface area contributed by atoms with Gasteiger partial charge in [-0.15, -0.1) is 0 Å². The fraction of sp³-hybridized carbons (Fsp3) is 0.481. The molecule has 2 aromatic carbocycles. The highest BCUT2D eigenvalue weighted by Gasteiger charge is 2.42. The van der Waals surface area contributed by atoms with Crippen molar-refractivity contribution >= 4 is 17.7 Å². The third kappa shape index (κ3) is 5.79. The molecule has 0 amide bonds. The van der Waals surface area contributed by atoms with Gasteiger partial charge in [0, 0.05) is 50.1 Å². The highest BCUT2D eigenvalue weighted by atomic mass is 35.5. The van der Waals surface area contributed by atoms with Gasteiger partial charge in [-0.2, -0.15) is 0 Å². The van der Waals surface area contributed by atoms with Gasteiger partial charge in [0.2, 0.25) is 0 Å². The molecule has 0 bridgehead atoms. The van der Waals surface area contributed by atoms with Gasteiger partial charge >= 0.3 is 0 Å². The maximum atomic E-state index is 14.0. The van der Waals surface area contributed by atoms with Crippen molar-refractivity contribution < 1.29 is 9.50 Å². The topological polar surface area (TPSA) is 26.7 Å². The van der Waals surface area contributed by atoms with Gasteiger partial charge in [-0.05, 0) is 67.3 Å². The number of halogens is 2. The van der Waals surface area contributed by atoms with E-state index in [0.29, 0.717) is 11.4 Å². The van der Waals surface area contributed by atoms with Crippen LogP contribution in [-0.4, -0.2) is 60.3 Å². The van der Waals surface area contributed by atoms with Crippen molar-refractivity contribution in [2.75, 3.05) is 39.8 Å². The van der Waals surface area contributed by atoms with Crippen molar-refractivity contribution in [1.82, 2.24) is 9.80 Å². The third-order valence-corrected chi connectivity index (χ3v) is 7.38. The minimum Gasteiger partial charge on any atom is -0.385 e. The van der Waals surface area contributed by atoms with Crippen molar-refractivity contribution in [2.24, 2.45) is 5.92 Å². The van der Waals surface area contributed by atoms with Crippen LogP contribution in [0.5, 0.6) is 0 Å². The lowest BCUT2D eigenvalue weighted by atomic mass is 9.74. The van der Waals surface area contributed by atoms with E-state index in [1.807, 2.05) is 30.3 Å². The first kappa shape index (κ1) is 23.4. The number of hydrogen-bond acceptors (Lipinski definition) is 3. The number of likely N-dealkylation sites (N-methyl/N-ethyl adjacent to an activating group) is 1. The molecule has 2 atom stereocenters. The summed E-state index contributed by atoms with van der Waals surface area (Å²) in [5.74, 6) is -0.145. The molecule has 5 heteroatoms. The summed E-state index contributed by atoms with van der Waals surface area (Å²) in [6.07, 6.45) is 6.57. The van der Waals surface area contributed by atoms with E-state index < -0.39 is 5.60 Å². The Hall–Kier alpha value is -1.72. The molecule has 3 nitrogen and oxygen atoms in total. The second-order valence-corrected chi connectivity index (χ2v) is 9.94. The minimum atomic E-state index is -1.01. The van der Waals surface area contributed by atoms with Crippen LogP contribution >= 0.6 is 11.6 Å². The predicted octanol–water partition coefficient (Wildman–Crippen LogP) is 5.27. The number of hydrogen-bond donors (Lipinski definition) is 1. The van der Waals surface area contributed by atoms with E-state index in [1.54, 1.807) is 12.1 Å². The maximum absolute atomic E-state index is 14.0. The van der Waals surface area contributed by atoms with Crippen LogP contribution in [0.1, 0.15) is 36.8 Å². The number of nitrogens with zero attached hydrogens (tertiary/aromatic N) is 2. The molecule has 2 fully saturated rings. The van der Waals surface area contributed by atoms with E-state index >= 15 is 0 Å². The van der Waals surface area contributed by atoms with Crippen LogP contribution < -0.4 is 0 Å². The number of rotatable bonds is 5. The molecule has 4 rings (SSSR count). The van der Waals surface area contributed by atoms with Crippen molar-refractivity contribution in [1.29, 1.82) is 0 Å². The summed E-state index contributed by atoms with van der Waals surface area (Å²) in [7, 11) is 2.16. The Balaban J connectivity index is 1.68. The van der Waals surface area contributed by atoms with Gasteiger partial charge in [-0.3, -0.25) is 0 Å². The van der Waals surface area contributed by atoms with Gasteiger partial charge < -0.3 is 14.9 Å². The molecular formula is C27H34ClFN2O. The van der Waals surface area contributed by atoms with Crippen LogP contribution in [0.25, 0.3) is 6.08 Å². The highest BCUT2D eigenvalue weighted by Crippen LogP contribution is 2.41. The molecule has 1 N–H and O–H groups in total. The quantitative estimate of drug-likeness (QED) is 0.620. The monoisotopic (exact) mass is 456 g/mol. The fourth-order valence-corrected chi connectivity index (χ4v) is 5.31. The molecule has 2 aliphatic rings. The molecule has 1 heterocycles. The largest absolute Gasteiger partial charge is 0.385 e. The Morgan fingerprint density at radius 3 is 2.56 bits per heavy atom. The SMILES string of the molecule is CN1CCN(CC2CCCC/C(=C/c3ccc(Cl)cc3)C2(O)Cc2cccc(F)c2)CC1. The first-order chi connectivity index (χ1) is 15.4. The molecule has 32 heavy (non-hydrogen) atoms. The van der Waals surface area contributed by atoms with Crippen LogP contribution in [0, 0.1) is 11.7 Å². The van der Waals surface area contributed by atoms with Crippen molar-refractivity contribution in [3.63, 3.8) is 0 Å². The van der Waals surface area contributed by atoms with Crippen molar-refractivity contribution in [3.05, 3.63) is 76.1 Å². The van der Waals surface area contributed by atoms with Gasteiger partial charge in [0.1, 0.15) is 5.82 Å². The van der Waals surface area contributed by atoms with Crippen LogP contribution in [0.3, 0.4) is 0 Å². The summed E-state index contributed by atoms with van der Waals surface area (Å²) in [6, 6.07) is 14.5. The summed E-state index contributed by atoms with van der Waals surface area (Å²) in [5.41, 5.74) is 1.94. The van der Waals surface area contributed by atoms with Crippen LogP contribution in [0.4, 0.5) is 4.39 Å². The van der Waals surface area contributed by atoms with Gasteiger partial charge in [0.25, 0.3) is 0 Å². The minimum absolute atomic E-state index is 0.107. The molecule has 1 aliphatic carbocycles. The fourth-order valence-electron chi connectivity index (χ4n) is 5.18. The molecule has 1 aliphatic heterocycles. The lowest BCUT2D eigenvalue weighted by Gasteiger charge is -2.42. The Kier molecular flexibility index (Phi) is 7.67. The third-order valence-electron chi connectivity index (χ3n) is 7.13. The first-order valence-electron chi connectivity index (χ1n) is 11.8. The van der Waals surface area contributed by atoms with E-state index in [0.717, 1.165) is 75.1 Å². The van der Waals surface area contributed by atoms with E-state index in [4.69, 9.17) is 11.6 Å². The Morgan fingerprint density at radius 2 is 1.84 bits per heavy atom. The maximum Gasteiger partial charge on any atom is 0.123 e. The molecule has 0 aromatic heterocycles. The van der Waals surface area contributed by atoms with Crippen LogP contribution in [0.15, 0.2) is 54.1 Å². The van der Waals surface area contributed by atoms with Gasteiger partial charge in [0.05, 0.1) is 5.60 Å². The average molecular weight is 457 g/mol. The Labute approximate surface area is 196 Å². The van der Waals surface area contributed by atoms with E-state index in [2.05, 4.69) is 22.9 Å². The van der Waals surface area contributed by atoms with Crippen molar-refractivity contribution in [3.8, 4) is 0 Å². The van der Waals surface area contributed by atoms with Crippen molar-refractivity contribution in [2.45, 2.75) is 37.7 Å². The average Bonchev–Trinajstić information content (AvgIpc) is 2.91. The molecule has 172 valence electrons. The summed E-state index contributed by atoms with van der Waals surface area (Å²) >= 11 is 6.09. The van der Waals surface area contributed by atoms with Crippen LogP contribution in [0.2, 0.25) is 5.02 Å². The van der Waals surface area contributed by atoms with Crippen LogP contribution in [-0.2, 0) is 6.42 Å². The van der Waals surface area contributed by atoms with E-state index in [-0.39, 0.29) is 11.7 Å². The summed E-state index contributed by atoms with van der Waals surface area (Å²) < 4.78 is 14.0. The zero-order valence-electron chi connectivity index (χ0n) is 18.9. The second kappa shape index (κ2) is 10.5. The number of piperazine rings is 1. The van der Waals surface area contributed by atoms with Gasteiger partial charge in [-0.25, -0.2) is 4.39 Å². The molecular weight excluding hydrogens is 423 g/mol. The summed E-state index contributed by atoms with van der Waals surface area (Å²) in [5, 5.41) is 13.1. The second-order valence-electron chi connectivity index (χ2n) is 9.50. The van der Waals surface area contributed by atoms with Gasteiger partial charge in [-0.1, -0.05) is 48.4 Å². The Morgan fingerprint density at radius 1 is 1.09 bits per heavy atom. The number of aliphatic hydroxyl groups is 1. The molecule has 2 aromatic rings. The highest BCUT2D eigenvalue weighted by molar-refractivity contribution is 6.30. The molecule has 0 spiro atoms. The first-order valence-corrected chi connectivity index (χ1v) is 12.1. The lowest BCUT2D eigenvalue weighted by molar-refractivity contribution is -0.00646. The Bertz CT molecular complexity index is 924. The zero-order chi connectivity index (χ0) is 22.6. The predicted molar refractivity (Wildman–Crippen MR) is 130 cm³/mol. The summed E-state index contributed by atoms with van der Waals surface area (Å²) in [6.45, 7) is 5.04. The number of benzene rings is 2. The van der Waals surface area contributed by atoms with Gasteiger partial charge in [0.15, 0.2) is 0 Å². The molecule has 2 unspecified atom stereocenters. The molecule has 1 saturated heterocycles.